The average Bonchev–Trinajstić information content (AvgIpc) is 3.25. The summed E-state index contributed by atoms with van der Waals surface area (Å²) in [5, 5.41) is 0. The number of hydrogen-bond donors (Lipinski definition) is 1. The molecule has 2 N–H and O–H groups in total. The van der Waals surface area contributed by atoms with Gasteiger partial charge in [0, 0.05) is 43.7 Å². The second-order valence-electron chi connectivity index (χ2n) is 8.72. The van der Waals surface area contributed by atoms with Crippen molar-refractivity contribution in [3.8, 4) is 17.2 Å². The minimum Gasteiger partial charge on any atom is -0.470 e. The molecule has 2 aromatic carbocycles. The van der Waals surface area contributed by atoms with Crippen LogP contribution in [0.1, 0.15) is 23.2 Å². The number of fused-ring (bicyclic) bond motifs is 1. The van der Waals surface area contributed by atoms with Crippen molar-refractivity contribution in [2.75, 3.05) is 38.1 Å². The van der Waals surface area contributed by atoms with E-state index >= 15 is 0 Å². The molecule has 1 saturated heterocycles. The molecule has 5 rings (SSSR count). The Balaban J connectivity index is 1.50. The van der Waals surface area contributed by atoms with Gasteiger partial charge in [-0.25, -0.2) is 4.98 Å². The van der Waals surface area contributed by atoms with Crippen LogP contribution in [0.4, 0.5) is 5.69 Å². The number of carbonyl (C=O) groups excluding carboxylic acids is 1. The first kappa shape index (κ1) is 20.6. The molecule has 7 heteroatoms. The minimum atomic E-state index is -1.21. The molecule has 3 heterocycles. The van der Waals surface area contributed by atoms with Gasteiger partial charge in [0.15, 0.2) is 0 Å². The lowest BCUT2D eigenvalue weighted by Gasteiger charge is -2.40. The van der Waals surface area contributed by atoms with Crippen molar-refractivity contribution in [3.05, 3.63) is 65.5 Å². The second-order valence-corrected chi connectivity index (χ2v) is 8.72. The lowest BCUT2D eigenvalue weighted by molar-refractivity contribution is -0.135. The predicted octanol–water partition coefficient (Wildman–Crippen LogP) is 3.11. The van der Waals surface area contributed by atoms with Gasteiger partial charge in [-0.3, -0.25) is 4.79 Å². The quantitative estimate of drug-likeness (QED) is 0.682. The molecule has 166 valence electrons. The standard InChI is InChI=1S/C25H28N4O3/c1-17-16-31-23(27-17)19-6-8-20(9-7-19)25(24(26)30)11-10-18-4-3-5-21(22(18)32-25)29-14-12-28(2)13-15-29/h3-9,16H,10-15H2,1-2H3,(H2,26,30). The number of benzene rings is 2. The Bertz CT molecular complexity index is 1130. The van der Waals surface area contributed by atoms with Gasteiger partial charge in [0.25, 0.3) is 5.91 Å². The molecule has 2 aliphatic heterocycles. The summed E-state index contributed by atoms with van der Waals surface area (Å²) >= 11 is 0. The number of anilines is 1. The molecule has 0 saturated carbocycles. The third-order valence-electron chi connectivity index (χ3n) is 6.56. The molecule has 2 aliphatic rings. The molecule has 0 bridgehead atoms. The fraction of sp³-hybridized carbons (Fsp3) is 0.360. The van der Waals surface area contributed by atoms with Crippen LogP contribution in [-0.4, -0.2) is 49.0 Å². The summed E-state index contributed by atoms with van der Waals surface area (Å²) in [6, 6.07) is 13.8. The third kappa shape index (κ3) is 3.52. The van der Waals surface area contributed by atoms with Crippen LogP contribution in [0.15, 0.2) is 53.1 Å². The second kappa shape index (κ2) is 7.98. The Hall–Kier alpha value is -3.32. The van der Waals surface area contributed by atoms with E-state index in [1.165, 1.54) is 0 Å². The van der Waals surface area contributed by atoms with Gasteiger partial charge in [-0.2, -0.15) is 0 Å². The van der Waals surface area contributed by atoms with E-state index in [1.54, 1.807) is 6.26 Å². The number of rotatable bonds is 4. The number of nitrogens with two attached hydrogens (primary N) is 1. The number of aromatic nitrogens is 1. The van der Waals surface area contributed by atoms with Crippen molar-refractivity contribution in [1.82, 2.24) is 9.88 Å². The number of piperazine rings is 1. The first-order chi connectivity index (χ1) is 15.5. The zero-order valence-electron chi connectivity index (χ0n) is 18.5. The van der Waals surface area contributed by atoms with Gasteiger partial charge < -0.3 is 24.7 Å². The van der Waals surface area contributed by atoms with Crippen molar-refractivity contribution in [1.29, 1.82) is 0 Å². The highest BCUT2D eigenvalue weighted by molar-refractivity contribution is 5.86. The fourth-order valence-electron chi connectivity index (χ4n) is 4.61. The molecule has 1 atom stereocenters. The first-order valence-electron chi connectivity index (χ1n) is 11.0. The van der Waals surface area contributed by atoms with E-state index in [0.29, 0.717) is 12.3 Å². The van der Waals surface area contributed by atoms with Gasteiger partial charge in [-0.1, -0.05) is 24.3 Å². The third-order valence-corrected chi connectivity index (χ3v) is 6.56. The monoisotopic (exact) mass is 432 g/mol. The lowest BCUT2D eigenvalue weighted by Crippen LogP contribution is -2.49. The molecule has 7 nitrogen and oxygen atoms in total. The van der Waals surface area contributed by atoms with Gasteiger partial charge in [-0.15, -0.1) is 0 Å². The molecule has 0 spiro atoms. The number of nitrogens with zero attached hydrogens (tertiary/aromatic N) is 3. The van der Waals surface area contributed by atoms with Crippen molar-refractivity contribution < 1.29 is 13.9 Å². The number of para-hydroxylation sites is 1. The number of primary amides is 1. The molecular weight excluding hydrogens is 404 g/mol. The Labute approximate surface area is 187 Å². The van der Waals surface area contributed by atoms with E-state index in [2.05, 4.69) is 40.0 Å². The summed E-state index contributed by atoms with van der Waals surface area (Å²) in [4.78, 5) is 21.9. The number of likely N-dealkylation sites (N-methyl/N-ethyl adjacent to an activating group) is 1. The lowest BCUT2D eigenvalue weighted by atomic mass is 9.83. The van der Waals surface area contributed by atoms with E-state index in [9.17, 15) is 4.79 Å². The van der Waals surface area contributed by atoms with Crippen LogP contribution in [0.5, 0.6) is 5.75 Å². The SMILES string of the molecule is Cc1coc(-c2ccc(C3(C(N)=O)CCc4cccc(N5CCN(C)CC5)c4O3)cc2)n1. The van der Waals surface area contributed by atoms with Gasteiger partial charge in [0.05, 0.1) is 11.4 Å². The molecule has 0 radical (unpaired) electrons. The van der Waals surface area contributed by atoms with Gasteiger partial charge in [0.2, 0.25) is 11.5 Å². The molecular formula is C25H28N4O3. The van der Waals surface area contributed by atoms with Crippen LogP contribution < -0.4 is 15.4 Å². The molecule has 3 aromatic rings. The number of ether oxygens (including phenoxy) is 1. The van der Waals surface area contributed by atoms with E-state index in [-0.39, 0.29) is 0 Å². The normalized spacial score (nSPS) is 21.1. The van der Waals surface area contributed by atoms with E-state index < -0.39 is 11.5 Å². The average molecular weight is 433 g/mol. The molecule has 1 fully saturated rings. The van der Waals surface area contributed by atoms with Crippen LogP contribution in [0.25, 0.3) is 11.5 Å². The van der Waals surface area contributed by atoms with Crippen LogP contribution in [0, 0.1) is 6.92 Å². The van der Waals surface area contributed by atoms with Gasteiger partial charge >= 0.3 is 0 Å². The summed E-state index contributed by atoms with van der Waals surface area (Å²) in [5.74, 6) is 0.847. The minimum absolute atomic E-state index is 0.476. The van der Waals surface area contributed by atoms with E-state index in [4.69, 9.17) is 14.9 Å². The Morgan fingerprint density at radius 3 is 2.50 bits per heavy atom. The number of carbonyl (C=O) groups is 1. The molecule has 1 amide bonds. The van der Waals surface area contributed by atoms with E-state index in [0.717, 1.165) is 66.4 Å². The molecule has 0 aliphatic carbocycles. The number of amides is 1. The highest BCUT2D eigenvalue weighted by atomic mass is 16.5. The predicted molar refractivity (Wildman–Crippen MR) is 123 cm³/mol. The van der Waals surface area contributed by atoms with E-state index in [1.807, 2.05) is 31.2 Å². The highest BCUT2D eigenvalue weighted by Crippen LogP contribution is 2.45. The molecule has 1 unspecified atom stereocenters. The van der Waals surface area contributed by atoms with Crippen molar-refractivity contribution in [2.24, 2.45) is 5.73 Å². The Kier molecular flexibility index (Phi) is 5.13. The van der Waals surface area contributed by atoms with Crippen LogP contribution in [0.3, 0.4) is 0 Å². The van der Waals surface area contributed by atoms with Crippen molar-refractivity contribution in [2.45, 2.75) is 25.4 Å². The summed E-state index contributed by atoms with van der Waals surface area (Å²) in [6.45, 7) is 5.71. The first-order valence-corrected chi connectivity index (χ1v) is 11.0. The smallest absolute Gasteiger partial charge is 0.266 e. The van der Waals surface area contributed by atoms with Crippen LogP contribution in [0.2, 0.25) is 0 Å². The van der Waals surface area contributed by atoms with Gasteiger partial charge in [-0.05, 0) is 44.2 Å². The maximum absolute atomic E-state index is 12.8. The van der Waals surface area contributed by atoms with Crippen molar-refractivity contribution in [3.63, 3.8) is 0 Å². The summed E-state index contributed by atoms with van der Waals surface area (Å²) in [6.07, 6.45) is 2.84. The number of oxazole rings is 1. The molecule has 32 heavy (non-hydrogen) atoms. The van der Waals surface area contributed by atoms with Crippen molar-refractivity contribution >= 4 is 11.6 Å². The highest BCUT2D eigenvalue weighted by Gasteiger charge is 2.45. The van der Waals surface area contributed by atoms with Crippen LogP contribution >= 0.6 is 0 Å². The zero-order chi connectivity index (χ0) is 22.3. The fourth-order valence-corrected chi connectivity index (χ4v) is 4.61. The summed E-state index contributed by atoms with van der Waals surface area (Å²) in [7, 11) is 2.13. The Morgan fingerprint density at radius 2 is 1.84 bits per heavy atom. The molecule has 1 aromatic heterocycles. The van der Waals surface area contributed by atoms with Crippen LogP contribution in [-0.2, 0) is 16.8 Å². The maximum atomic E-state index is 12.8. The summed E-state index contributed by atoms with van der Waals surface area (Å²) < 4.78 is 12.1. The Morgan fingerprint density at radius 1 is 1.09 bits per heavy atom. The largest absolute Gasteiger partial charge is 0.470 e. The maximum Gasteiger partial charge on any atom is 0.266 e. The summed E-state index contributed by atoms with van der Waals surface area (Å²) in [5.41, 5.74) is 9.33. The number of hydrogen-bond acceptors (Lipinski definition) is 6. The van der Waals surface area contributed by atoms with Gasteiger partial charge in [0.1, 0.15) is 12.0 Å². The zero-order valence-corrected chi connectivity index (χ0v) is 18.5. The topological polar surface area (TPSA) is 84.8 Å². The number of aryl methyl sites for hydroxylation is 2.